The van der Waals surface area contributed by atoms with Crippen molar-refractivity contribution in [2.45, 2.75) is 60.3 Å². The van der Waals surface area contributed by atoms with Gasteiger partial charge in [-0.2, -0.15) is 4.31 Å². The highest BCUT2D eigenvalue weighted by molar-refractivity contribution is 7.89. The van der Waals surface area contributed by atoms with Crippen LogP contribution in [0.4, 0.5) is 4.39 Å². The average molecular weight is 556 g/mol. The van der Waals surface area contributed by atoms with Crippen LogP contribution in [0, 0.1) is 5.82 Å². The molecule has 0 aliphatic carbocycles. The number of nitrogens with one attached hydrogen (secondary N) is 3. The lowest BCUT2D eigenvalue weighted by Gasteiger charge is -2.40. The molecular weight excluding hydrogens is 525 g/mol. The summed E-state index contributed by atoms with van der Waals surface area (Å²) < 4.78 is 47.3. The van der Waals surface area contributed by atoms with E-state index < -0.39 is 64.2 Å². The number of rotatable bonds is 2. The van der Waals surface area contributed by atoms with Crippen molar-refractivity contribution in [3.8, 4) is 0 Å². The maximum Gasteiger partial charge on any atom is 0.244 e. The number of fused-ring (bicyclic) bond motifs is 6. The van der Waals surface area contributed by atoms with Gasteiger partial charge in [-0.25, -0.2) is 12.8 Å². The van der Waals surface area contributed by atoms with Gasteiger partial charge in [0.1, 0.15) is 30.2 Å². The molecular formula is C23H30FN5O8S. The molecule has 4 aliphatic rings. The van der Waals surface area contributed by atoms with Crippen LogP contribution in [-0.4, -0.2) is 121 Å². The fourth-order valence-electron chi connectivity index (χ4n) is 5.44. The Kier molecular flexibility index (Phi) is 7.41. The van der Waals surface area contributed by atoms with Gasteiger partial charge in [0.15, 0.2) is 0 Å². The van der Waals surface area contributed by atoms with Gasteiger partial charge in [-0.3, -0.25) is 14.4 Å². The highest BCUT2D eigenvalue weighted by atomic mass is 32.2. The summed E-state index contributed by atoms with van der Waals surface area (Å²) in [7, 11) is -4.31. The van der Waals surface area contributed by atoms with Gasteiger partial charge in [0.2, 0.25) is 27.7 Å². The van der Waals surface area contributed by atoms with Gasteiger partial charge >= 0.3 is 0 Å². The molecule has 7 atom stereocenters. The average Bonchev–Trinajstić information content (AvgIpc) is 3.46. The summed E-state index contributed by atoms with van der Waals surface area (Å²) in [5.41, 5.74) is 0. The third kappa shape index (κ3) is 5.13. The first-order valence-corrected chi connectivity index (χ1v) is 13.9. The molecule has 15 heteroatoms. The molecule has 0 unspecified atom stereocenters. The van der Waals surface area contributed by atoms with Gasteiger partial charge in [0, 0.05) is 38.8 Å². The van der Waals surface area contributed by atoms with Crippen LogP contribution >= 0.6 is 0 Å². The van der Waals surface area contributed by atoms with Crippen LogP contribution in [0.3, 0.4) is 0 Å². The first-order valence-electron chi connectivity index (χ1n) is 12.4. The molecule has 6 bridgehead atoms. The van der Waals surface area contributed by atoms with Crippen LogP contribution in [0.25, 0.3) is 0 Å². The van der Waals surface area contributed by atoms with Crippen LogP contribution in [-0.2, 0) is 29.1 Å². The number of piperazine rings is 1. The van der Waals surface area contributed by atoms with Crippen molar-refractivity contribution < 1.29 is 42.1 Å². The predicted molar refractivity (Wildman–Crippen MR) is 127 cm³/mol. The van der Waals surface area contributed by atoms with Crippen molar-refractivity contribution in [3.05, 3.63) is 30.1 Å². The summed E-state index contributed by atoms with van der Waals surface area (Å²) in [6, 6.07) is 2.09. The zero-order chi connectivity index (χ0) is 27.2. The fourth-order valence-corrected chi connectivity index (χ4v) is 7.04. The largest absolute Gasteiger partial charge is 0.388 e. The molecule has 0 aromatic heterocycles. The summed E-state index contributed by atoms with van der Waals surface area (Å²) in [5, 5.41) is 29.2. The van der Waals surface area contributed by atoms with E-state index in [2.05, 4.69) is 16.0 Å². The van der Waals surface area contributed by atoms with E-state index in [1.807, 2.05) is 0 Å². The first-order chi connectivity index (χ1) is 18.0. The summed E-state index contributed by atoms with van der Waals surface area (Å²) >= 11 is 0. The lowest BCUT2D eigenvalue weighted by Crippen LogP contribution is -2.63. The second-order valence-corrected chi connectivity index (χ2v) is 11.9. The lowest BCUT2D eigenvalue weighted by molar-refractivity contribution is -0.138. The fraction of sp³-hybridized carbons (Fsp3) is 0.609. The van der Waals surface area contributed by atoms with Crippen molar-refractivity contribution in [2.75, 3.05) is 32.7 Å². The molecule has 4 aliphatic heterocycles. The van der Waals surface area contributed by atoms with Crippen LogP contribution in [0.1, 0.15) is 12.8 Å². The Morgan fingerprint density at radius 3 is 2.58 bits per heavy atom. The van der Waals surface area contributed by atoms with E-state index in [1.165, 1.54) is 17.0 Å². The van der Waals surface area contributed by atoms with Gasteiger partial charge < -0.3 is 35.8 Å². The minimum absolute atomic E-state index is 0.00465. The molecule has 5 rings (SSSR count). The monoisotopic (exact) mass is 555 g/mol. The normalized spacial score (nSPS) is 35.2. The smallest absolute Gasteiger partial charge is 0.244 e. The summed E-state index contributed by atoms with van der Waals surface area (Å²) in [6.07, 6.45) is -4.77. The van der Waals surface area contributed by atoms with E-state index in [0.717, 1.165) is 16.4 Å². The van der Waals surface area contributed by atoms with E-state index in [4.69, 9.17) is 4.74 Å². The van der Waals surface area contributed by atoms with Crippen molar-refractivity contribution in [1.29, 1.82) is 0 Å². The van der Waals surface area contributed by atoms with Gasteiger partial charge in [-0.15, -0.1) is 0 Å². The minimum Gasteiger partial charge on any atom is -0.388 e. The maximum atomic E-state index is 13.8. The third-order valence-electron chi connectivity index (χ3n) is 7.47. The second-order valence-electron chi connectivity index (χ2n) is 9.98. The second kappa shape index (κ2) is 10.5. The first kappa shape index (κ1) is 26.9. The van der Waals surface area contributed by atoms with Crippen LogP contribution in [0.2, 0.25) is 0 Å². The molecule has 1 aromatic rings. The number of aliphatic hydroxyl groups is 2. The zero-order valence-electron chi connectivity index (χ0n) is 20.3. The van der Waals surface area contributed by atoms with Crippen molar-refractivity contribution >= 4 is 27.7 Å². The van der Waals surface area contributed by atoms with Gasteiger partial charge in [-0.1, -0.05) is 6.07 Å². The number of hydrogen-bond acceptors (Lipinski definition) is 9. The maximum absolute atomic E-state index is 13.8. The SMILES string of the molecule is O=C1C[C@@H]2O[C@H](CNC(=O)[C@@H]3CN(CCN3S(=O)(=O)c3cccc(F)c3)C(=O)[C@@H]3C[C@@H](CN3)N1)[C@@H](O)[C@H]2O. The Morgan fingerprint density at radius 2 is 1.82 bits per heavy atom. The molecule has 1 aromatic carbocycles. The molecule has 4 heterocycles. The number of aliphatic hydroxyl groups excluding tert-OH is 2. The minimum atomic E-state index is -4.31. The van der Waals surface area contributed by atoms with Gasteiger partial charge in [0.25, 0.3) is 0 Å². The number of amides is 3. The number of carbonyl (C=O) groups excluding carboxylic acids is 3. The Balaban J connectivity index is 1.44. The molecule has 3 amide bonds. The molecule has 5 N–H and O–H groups in total. The Bertz CT molecular complexity index is 1220. The molecule has 0 saturated carbocycles. The Hall–Kier alpha value is -2.69. The predicted octanol–water partition coefficient (Wildman–Crippen LogP) is -3.12. The highest BCUT2D eigenvalue weighted by Crippen LogP contribution is 2.26. The van der Waals surface area contributed by atoms with Gasteiger partial charge in [-0.05, 0) is 24.6 Å². The molecule has 4 fully saturated rings. The molecule has 38 heavy (non-hydrogen) atoms. The van der Waals surface area contributed by atoms with E-state index in [-0.39, 0.29) is 55.9 Å². The van der Waals surface area contributed by atoms with E-state index in [9.17, 15) is 37.4 Å². The number of carbonyl (C=O) groups is 3. The van der Waals surface area contributed by atoms with E-state index in [0.29, 0.717) is 6.54 Å². The van der Waals surface area contributed by atoms with E-state index in [1.54, 1.807) is 0 Å². The quantitative estimate of drug-likeness (QED) is 0.253. The van der Waals surface area contributed by atoms with Crippen molar-refractivity contribution in [1.82, 2.24) is 25.2 Å². The summed E-state index contributed by atoms with van der Waals surface area (Å²) in [4.78, 5) is 40.2. The number of benzene rings is 1. The Morgan fingerprint density at radius 1 is 1.05 bits per heavy atom. The molecule has 208 valence electrons. The molecule has 0 spiro atoms. The Labute approximate surface area is 218 Å². The highest BCUT2D eigenvalue weighted by Gasteiger charge is 2.46. The van der Waals surface area contributed by atoms with Crippen LogP contribution in [0.5, 0.6) is 0 Å². The number of halogens is 1. The summed E-state index contributed by atoms with van der Waals surface area (Å²) in [5.74, 6) is -2.24. The molecule has 4 saturated heterocycles. The number of hydrogen-bond donors (Lipinski definition) is 5. The van der Waals surface area contributed by atoms with Crippen LogP contribution < -0.4 is 16.0 Å². The lowest BCUT2D eigenvalue weighted by atomic mass is 10.0. The third-order valence-corrected chi connectivity index (χ3v) is 9.37. The topological polar surface area (TPSA) is 178 Å². The van der Waals surface area contributed by atoms with E-state index >= 15 is 0 Å². The number of nitrogens with zero attached hydrogens (tertiary/aromatic N) is 2. The van der Waals surface area contributed by atoms with Gasteiger partial charge in [0.05, 0.1) is 23.5 Å². The standard InChI is InChI=1S/C23H30FN5O8S/c24-12-2-1-3-14(6-12)38(35,36)29-5-4-28-11-16(29)22(33)26-10-18-21(32)20(31)17(37-18)8-19(30)27-13-7-15(23(28)34)25-9-13/h1-3,6,13,15-18,20-21,25,31-32H,4-5,7-11H2,(H,26,33)(H,27,30)/t13-,15-,16-,17-,18+,20-,21+/m0/s1. The molecule has 0 radical (unpaired) electrons. The van der Waals surface area contributed by atoms with Crippen molar-refractivity contribution in [2.24, 2.45) is 0 Å². The van der Waals surface area contributed by atoms with Crippen LogP contribution in [0.15, 0.2) is 29.2 Å². The number of ether oxygens (including phenoxy) is 1. The summed E-state index contributed by atoms with van der Waals surface area (Å²) in [6.45, 7) is -0.420. The molecule has 13 nitrogen and oxygen atoms in total. The van der Waals surface area contributed by atoms with Crippen molar-refractivity contribution in [3.63, 3.8) is 0 Å². The zero-order valence-corrected chi connectivity index (χ0v) is 21.1. The number of sulfonamides is 1.